The van der Waals surface area contributed by atoms with Gasteiger partial charge in [0.15, 0.2) is 0 Å². The van der Waals surface area contributed by atoms with Crippen molar-refractivity contribution in [3.63, 3.8) is 0 Å². The summed E-state index contributed by atoms with van der Waals surface area (Å²) >= 11 is 9.47. The molecule has 1 amide bonds. The summed E-state index contributed by atoms with van der Waals surface area (Å²) in [7, 11) is 0. The molecule has 4 nitrogen and oxygen atoms in total. The van der Waals surface area contributed by atoms with E-state index in [1.54, 1.807) is 0 Å². The number of anilines is 1. The van der Waals surface area contributed by atoms with Crippen LogP contribution in [0.4, 0.5) is 10.1 Å². The normalized spacial score (nSPS) is 16.3. The van der Waals surface area contributed by atoms with Gasteiger partial charge in [-0.15, -0.1) is 0 Å². The molecule has 0 atom stereocenters. The molecule has 0 saturated carbocycles. The van der Waals surface area contributed by atoms with Crippen molar-refractivity contribution in [3.8, 4) is 0 Å². The lowest BCUT2D eigenvalue weighted by Crippen LogP contribution is -2.49. The molecule has 1 aliphatic rings. The molecular formula is C19H19BrClFN2O2. The molecule has 2 aromatic carbocycles. The van der Waals surface area contributed by atoms with Crippen molar-refractivity contribution in [1.29, 1.82) is 0 Å². The van der Waals surface area contributed by atoms with E-state index in [0.29, 0.717) is 18.9 Å². The van der Waals surface area contributed by atoms with Crippen LogP contribution in [0.2, 0.25) is 5.02 Å². The molecule has 2 N–H and O–H groups in total. The standard InChI is InChI=1S/C19H19BrClFN2O2/c20-14-3-1-2-13(10-14)19(6-8-26-9-7-19)23-12-18(25)24-17-5-4-15(22)11-16(17)21/h1-5,10-11,23H,6-9,12H2,(H,24,25). The molecule has 3 rings (SSSR count). The number of halogens is 3. The summed E-state index contributed by atoms with van der Waals surface area (Å²) in [5.41, 5.74) is 1.18. The van der Waals surface area contributed by atoms with Gasteiger partial charge in [0.05, 0.1) is 17.3 Å². The van der Waals surface area contributed by atoms with E-state index in [1.165, 1.54) is 18.2 Å². The van der Waals surface area contributed by atoms with Gasteiger partial charge < -0.3 is 10.1 Å². The molecular weight excluding hydrogens is 423 g/mol. The van der Waals surface area contributed by atoms with Crippen LogP contribution in [0.15, 0.2) is 46.9 Å². The maximum atomic E-state index is 13.1. The van der Waals surface area contributed by atoms with E-state index in [9.17, 15) is 9.18 Å². The first kappa shape index (κ1) is 19.3. The van der Waals surface area contributed by atoms with E-state index in [1.807, 2.05) is 12.1 Å². The number of benzene rings is 2. The third-order valence-corrected chi connectivity index (χ3v) is 5.32. The minimum atomic E-state index is -0.443. The van der Waals surface area contributed by atoms with Crippen molar-refractivity contribution in [1.82, 2.24) is 5.32 Å². The average molecular weight is 442 g/mol. The van der Waals surface area contributed by atoms with E-state index < -0.39 is 5.82 Å². The number of rotatable bonds is 5. The van der Waals surface area contributed by atoms with Crippen LogP contribution >= 0.6 is 27.5 Å². The van der Waals surface area contributed by atoms with E-state index >= 15 is 0 Å². The van der Waals surface area contributed by atoms with Crippen LogP contribution in [0.25, 0.3) is 0 Å². The molecule has 0 aromatic heterocycles. The summed E-state index contributed by atoms with van der Waals surface area (Å²) in [6.45, 7) is 1.37. The van der Waals surface area contributed by atoms with Crippen LogP contribution in [0.3, 0.4) is 0 Å². The van der Waals surface area contributed by atoms with Crippen LogP contribution in [-0.4, -0.2) is 25.7 Å². The van der Waals surface area contributed by atoms with Crippen molar-refractivity contribution < 1.29 is 13.9 Å². The van der Waals surface area contributed by atoms with Gasteiger partial charge in [0.2, 0.25) is 5.91 Å². The molecule has 1 saturated heterocycles. The van der Waals surface area contributed by atoms with Crippen molar-refractivity contribution in [2.45, 2.75) is 18.4 Å². The van der Waals surface area contributed by atoms with Crippen LogP contribution in [-0.2, 0) is 15.1 Å². The van der Waals surface area contributed by atoms with Gasteiger partial charge in [-0.1, -0.05) is 39.7 Å². The second kappa shape index (κ2) is 8.48. The van der Waals surface area contributed by atoms with Crippen LogP contribution in [0.1, 0.15) is 18.4 Å². The Labute approximate surface area is 165 Å². The highest BCUT2D eigenvalue weighted by molar-refractivity contribution is 9.10. The van der Waals surface area contributed by atoms with Gasteiger partial charge in [0.25, 0.3) is 0 Å². The van der Waals surface area contributed by atoms with Gasteiger partial charge in [0, 0.05) is 23.2 Å². The van der Waals surface area contributed by atoms with E-state index in [2.05, 4.69) is 38.7 Å². The van der Waals surface area contributed by atoms with Crippen LogP contribution in [0, 0.1) is 5.82 Å². The monoisotopic (exact) mass is 440 g/mol. The first-order valence-electron chi connectivity index (χ1n) is 8.32. The average Bonchev–Trinajstić information content (AvgIpc) is 2.63. The molecule has 0 unspecified atom stereocenters. The van der Waals surface area contributed by atoms with Crippen LogP contribution in [0.5, 0.6) is 0 Å². The van der Waals surface area contributed by atoms with E-state index in [0.717, 1.165) is 22.9 Å². The Kier molecular flexibility index (Phi) is 6.29. The first-order chi connectivity index (χ1) is 12.5. The molecule has 26 heavy (non-hydrogen) atoms. The summed E-state index contributed by atoms with van der Waals surface area (Å²) in [5.74, 6) is -0.679. The largest absolute Gasteiger partial charge is 0.381 e. The molecule has 0 radical (unpaired) electrons. The highest BCUT2D eigenvalue weighted by Crippen LogP contribution is 2.33. The summed E-state index contributed by atoms with van der Waals surface area (Å²) in [5, 5.41) is 6.29. The Balaban J connectivity index is 1.70. The van der Waals surface area contributed by atoms with E-state index in [-0.39, 0.29) is 23.0 Å². The molecule has 1 fully saturated rings. The highest BCUT2D eigenvalue weighted by atomic mass is 79.9. The Morgan fingerprint density at radius 1 is 1.23 bits per heavy atom. The minimum absolute atomic E-state index is 0.111. The molecule has 0 bridgehead atoms. The molecule has 1 heterocycles. The maximum Gasteiger partial charge on any atom is 0.238 e. The number of hydrogen-bond acceptors (Lipinski definition) is 3. The second-order valence-corrected chi connectivity index (χ2v) is 7.55. The summed E-state index contributed by atoms with van der Waals surface area (Å²) in [6.07, 6.45) is 1.54. The summed E-state index contributed by atoms with van der Waals surface area (Å²) < 4.78 is 19.6. The van der Waals surface area contributed by atoms with Gasteiger partial charge >= 0.3 is 0 Å². The third kappa shape index (κ3) is 4.62. The zero-order valence-electron chi connectivity index (χ0n) is 14.0. The second-order valence-electron chi connectivity index (χ2n) is 6.23. The third-order valence-electron chi connectivity index (χ3n) is 4.52. The quantitative estimate of drug-likeness (QED) is 0.719. The Morgan fingerprint density at radius 3 is 2.69 bits per heavy atom. The number of carbonyl (C=O) groups excluding carboxylic acids is 1. The lowest BCUT2D eigenvalue weighted by Gasteiger charge is -2.38. The van der Waals surface area contributed by atoms with Gasteiger partial charge in [-0.2, -0.15) is 0 Å². The molecule has 1 aliphatic heterocycles. The number of amides is 1. The predicted octanol–water partition coefficient (Wildman–Crippen LogP) is 4.48. The zero-order chi connectivity index (χ0) is 18.6. The highest BCUT2D eigenvalue weighted by Gasteiger charge is 2.34. The van der Waals surface area contributed by atoms with E-state index in [4.69, 9.17) is 16.3 Å². The van der Waals surface area contributed by atoms with Gasteiger partial charge in [-0.05, 0) is 48.7 Å². The Hall–Kier alpha value is -1.47. The Morgan fingerprint density at radius 2 is 2.00 bits per heavy atom. The molecule has 138 valence electrons. The zero-order valence-corrected chi connectivity index (χ0v) is 16.4. The smallest absolute Gasteiger partial charge is 0.238 e. The number of ether oxygens (including phenoxy) is 1. The number of hydrogen-bond donors (Lipinski definition) is 2. The summed E-state index contributed by atoms with van der Waals surface area (Å²) in [6, 6.07) is 12.0. The fourth-order valence-corrected chi connectivity index (χ4v) is 3.72. The van der Waals surface area contributed by atoms with Crippen molar-refractivity contribution in [3.05, 3.63) is 63.3 Å². The molecule has 2 aromatic rings. The summed E-state index contributed by atoms with van der Waals surface area (Å²) in [4.78, 5) is 12.4. The van der Waals surface area contributed by atoms with Crippen LogP contribution < -0.4 is 10.6 Å². The molecule has 0 spiro atoms. The minimum Gasteiger partial charge on any atom is -0.381 e. The lowest BCUT2D eigenvalue weighted by molar-refractivity contribution is -0.116. The fraction of sp³-hybridized carbons (Fsp3) is 0.316. The topological polar surface area (TPSA) is 50.4 Å². The number of nitrogens with one attached hydrogen (secondary N) is 2. The first-order valence-corrected chi connectivity index (χ1v) is 9.49. The lowest BCUT2D eigenvalue weighted by atomic mass is 9.82. The van der Waals surface area contributed by atoms with Gasteiger partial charge in [0.1, 0.15) is 5.82 Å². The maximum absolute atomic E-state index is 13.1. The van der Waals surface area contributed by atoms with Gasteiger partial charge in [-0.3, -0.25) is 10.1 Å². The van der Waals surface area contributed by atoms with Crippen molar-refractivity contribution in [2.24, 2.45) is 0 Å². The van der Waals surface area contributed by atoms with Gasteiger partial charge in [-0.25, -0.2) is 4.39 Å². The van der Waals surface area contributed by atoms with Crippen molar-refractivity contribution >= 4 is 39.1 Å². The van der Waals surface area contributed by atoms with Crippen molar-refractivity contribution in [2.75, 3.05) is 25.1 Å². The Bertz CT molecular complexity index is 797. The fourth-order valence-electron chi connectivity index (χ4n) is 3.11. The molecule has 0 aliphatic carbocycles. The number of carbonyl (C=O) groups is 1. The molecule has 7 heteroatoms. The predicted molar refractivity (Wildman–Crippen MR) is 104 cm³/mol. The SMILES string of the molecule is O=C(CNC1(c2cccc(Br)c2)CCOCC1)Nc1ccc(F)cc1Cl.